The van der Waals surface area contributed by atoms with Gasteiger partial charge in [0.2, 0.25) is 0 Å². The van der Waals surface area contributed by atoms with E-state index in [1.165, 1.54) is 11.8 Å². The van der Waals surface area contributed by atoms with Gasteiger partial charge in [-0.05, 0) is 26.8 Å². The molecule has 1 heterocycles. The van der Waals surface area contributed by atoms with Gasteiger partial charge in [-0.1, -0.05) is 18.7 Å². The van der Waals surface area contributed by atoms with Crippen LogP contribution >= 0.6 is 11.8 Å². The highest BCUT2D eigenvalue weighted by Gasteiger charge is 2.18. The van der Waals surface area contributed by atoms with Crippen molar-refractivity contribution in [2.45, 2.75) is 38.5 Å². The maximum Gasteiger partial charge on any atom is 0.321 e. The maximum absolute atomic E-state index is 11.0. The Morgan fingerprint density at radius 3 is 2.76 bits per heavy atom. The van der Waals surface area contributed by atoms with E-state index < -0.39 is 12.0 Å². The molecule has 17 heavy (non-hydrogen) atoms. The van der Waals surface area contributed by atoms with Crippen LogP contribution in [0.4, 0.5) is 0 Å². The summed E-state index contributed by atoms with van der Waals surface area (Å²) in [6, 6.07) is -0.563. The number of hydrogen-bond donors (Lipinski definition) is 2. The van der Waals surface area contributed by atoms with Crippen molar-refractivity contribution < 1.29 is 14.3 Å². The summed E-state index contributed by atoms with van der Waals surface area (Å²) in [7, 11) is 0. The molecule has 2 N–H and O–H groups in total. The molecular weight excluding hydrogens is 240 g/mol. The molecule has 0 aliphatic rings. The molecule has 1 rings (SSSR count). The zero-order valence-electron chi connectivity index (χ0n) is 10.3. The Labute approximate surface area is 105 Å². The van der Waals surface area contributed by atoms with Gasteiger partial charge in [0.1, 0.15) is 11.8 Å². The molecule has 1 unspecified atom stereocenters. The predicted molar refractivity (Wildman–Crippen MR) is 66.4 cm³/mol. The van der Waals surface area contributed by atoms with Crippen molar-refractivity contribution in [3.05, 3.63) is 11.5 Å². The Balaban J connectivity index is 2.48. The van der Waals surface area contributed by atoms with Crippen LogP contribution in [0.5, 0.6) is 0 Å². The highest BCUT2D eigenvalue weighted by Crippen LogP contribution is 2.20. The maximum atomic E-state index is 11.0. The van der Waals surface area contributed by atoms with Crippen LogP contribution in [-0.4, -0.2) is 34.4 Å². The molecule has 0 bridgehead atoms. The van der Waals surface area contributed by atoms with Gasteiger partial charge in [0, 0.05) is 5.75 Å². The molecule has 0 spiro atoms. The van der Waals surface area contributed by atoms with Crippen LogP contribution in [-0.2, 0) is 4.79 Å². The fourth-order valence-corrected chi connectivity index (χ4v) is 2.15. The number of carboxylic acid groups (broad SMARTS) is 1. The first-order valence-corrected chi connectivity index (χ1v) is 6.56. The number of aryl methyl sites for hydroxylation is 2. The molecule has 0 aliphatic carbocycles. The summed E-state index contributed by atoms with van der Waals surface area (Å²) in [5.41, 5.74) is 0.848. The van der Waals surface area contributed by atoms with E-state index in [1.54, 1.807) is 0 Å². The monoisotopic (exact) mass is 258 g/mol. The summed E-state index contributed by atoms with van der Waals surface area (Å²) in [4.78, 5) is 15.2. The third-order valence-corrected chi connectivity index (χ3v) is 3.24. The first kappa shape index (κ1) is 14.1. The Morgan fingerprint density at radius 1 is 1.59 bits per heavy atom. The normalized spacial score (nSPS) is 12.6. The van der Waals surface area contributed by atoms with Crippen LogP contribution in [0, 0.1) is 13.8 Å². The fourth-order valence-electron chi connectivity index (χ4n) is 1.20. The zero-order chi connectivity index (χ0) is 12.8. The third-order valence-electron chi connectivity index (χ3n) is 2.32. The van der Waals surface area contributed by atoms with Crippen molar-refractivity contribution in [1.82, 2.24) is 10.3 Å². The summed E-state index contributed by atoms with van der Waals surface area (Å²) in [5.74, 6) is 0.348. The van der Waals surface area contributed by atoms with Crippen LogP contribution in [0.3, 0.4) is 0 Å². The Bertz CT molecular complexity index is 359. The molecule has 0 amide bonds. The van der Waals surface area contributed by atoms with Crippen molar-refractivity contribution in [1.29, 1.82) is 0 Å². The molecule has 0 saturated heterocycles. The minimum absolute atomic E-state index is 0.411. The van der Waals surface area contributed by atoms with E-state index in [0.717, 1.165) is 17.9 Å². The molecule has 96 valence electrons. The second-order valence-electron chi connectivity index (χ2n) is 3.78. The minimum Gasteiger partial charge on any atom is -0.480 e. The summed E-state index contributed by atoms with van der Waals surface area (Å²) >= 11 is 1.32. The molecule has 0 radical (unpaired) electrons. The molecule has 0 fully saturated rings. The van der Waals surface area contributed by atoms with Gasteiger partial charge in [-0.15, -0.1) is 0 Å². The van der Waals surface area contributed by atoms with Gasteiger partial charge < -0.3 is 14.8 Å². The van der Waals surface area contributed by atoms with E-state index in [4.69, 9.17) is 9.52 Å². The number of nitrogens with one attached hydrogen (secondary N) is 1. The Kier molecular flexibility index (Phi) is 5.50. The predicted octanol–water partition coefficient (Wildman–Crippen LogP) is 1.84. The van der Waals surface area contributed by atoms with Crippen molar-refractivity contribution in [2.75, 3.05) is 12.3 Å². The topological polar surface area (TPSA) is 75.4 Å². The molecular formula is C11H18N2O3S. The Hall–Kier alpha value is -1.01. The van der Waals surface area contributed by atoms with Gasteiger partial charge in [0.15, 0.2) is 0 Å². The fraction of sp³-hybridized carbons (Fsp3) is 0.636. The average Bonchev–Trinajstić information content (AvgIpc) is 2.58. The highest BCUT2D eigenvalue weighted by molar-refractivity contribution is 7.99. The van der Waals surface area contributed by atoms with Gasteiger partial charge in [0.25, 0.3) is 5.22 Å². The molecule has 6 heteroatoms. The summed E-state index contributed by atoms with van der Waals surface area (Å²) in [6.07, 6.45) is 0.908. The van der Waals surface area contributed by atoms with Gasteiger partial charge in [-0.25, -0.2) is 4.98 Å². The molecule has 0 aliphatic heterocycles. The first-order chi connectivity index (χ1) is 8.04. The number of aliphatic carboxylic acids is 1. The van der Waals surface area contributed by atoms with Crippen molar-refractivity contribution in [3.63, 3.8) is 0 Å². The standard InChI is InChI=1S/C11H18N2O3S/c1-4-5-12-9(10(14)15)6-17-11-13-7(2)8(3)16-11/h9,12H,4-6H2,1-3H3,(H,14,15). The minimum atomic E-state index is -0.842. The van der Waals surface area contributed by atoms with Crippen LogP contribution in [0.1, 0.15) is 24.8 Å². The van der Waals surface area contributed by atoms with Gasteiger partial charge in [-0.3, -0.25) is 4.79 Å². The van der Waals surface area contributed by atoms with Crippen LogP contribution in [0.2, 0.25) is 0 Å². The van der Waals surface area contributed by atoms with E-state index >= 15 is 0 Å². The highest BCUT2D eigenvalue weighted by atomic mass is 32.2. The van der Waals surface area contributed by atoms with Gasteiger partial charge >= 0.3 is 5.97 Å². The lowest BCUT2D eigenvalue weighted by Gasteiger charge is -2.11. The summed E-state index contributed by atoms with van der Waals surface area (Å²) in [6.45, 7) is 6.41. The smallest absolute Gasteiger partial charge is 0.321 e. The summed E-state index contributed by atoms with van der Waals surface area (Å²) < 4.78 is 5.38. The van der Waals surface area contributed by atoms with Crippen molar-refractivity contribution >= 4 is 17.7 Å². The number of carboxylic acids is 1. The van der Waals surface area contributed by atoms with Crippen molar-refractivity contribution in [2.24, 2.45) is 0 Å². The SMILES string of the molecule is CCCNC(CSc1nc(C)c(C)o1)C(=O)O. The van der Waals surface area contributed by atoms with E-state index in [0.29, 0.717) is 17.5 Å². The summed E-state index contributed by atoms with van der Waals surface area (Å²) in [5, 5.41) is 12.5. The van der Waals surface area contributed by atoms with E-state index in [2.05, 4.69) is 10.3 Å². The second-order valence-corrected chi connectivity index (χ2v) is 4.75. The van der Waals surface area contributed by atoms with Crippen LogP contribution in [0.25, 0.3) is 0 Å². The number of rotatable bonds is 7. The molecule has 1 aromatic heterocycles. The number of oxazole rings is 1. The number of aromatic nitrogens is 1. The molecule has 5 nitrogen and oxygen atoms in total. The number of thioether (sulfide) groups is 1. The van der Waals surface area contributed by atoms with Gasteiger partial charge in [-0.2, -0.15) is 0 Å². The molecule has 0 aromatic carbocycles. The third kappa shape index (κ3) is 4.40. The van der Waals surface area contributed by atoms with E-state index in [9.17, 15) is 4.79 Å². The number of nitrogens with zero attached hydrogens (tertiary/aromatic N) is 1. The van der Waals surface area contributed by atoms with Gasteiger partial charge in [0.05, 0.1) is 5.69 Å². The second kappa shape index (κ2) is 6.66. The first-order valence-electron chi connectivity index (χ1n) is 5.57. The molecule has 1 atom stereocenters. The van der Waals surface area contributed by atoms with Crippen LogP contribution < -0.4 is 5.32 Å². The van der Waals surface area contributed by atoms with Crippen molar-refractivity contribution in [3.8, 4) is 0 Å². The number of hydrogen-bond acceptors (Lipinski definition) is 5. The Morgan fingerprint density at radius 2 is 2.29 bits per heavy atom. The molecule has 1 aromatic rings. The van der Waals surface area contributed by atoms with E-state index in [1.807, 2.05) is 20.8 Å². The lowest BCUT2D eigenvalue weighted by molar-refractivity contribution is -0.138. The zero-order valence-corrected chi connectivity index (χ0v) is 11.1. The lowest BCUT2D eigenvalue weighted by atomic mass is 10.3. The van der Waals surface area contributed by atoms with Crippen LogP contribution in [0.15, 0.2) is 9.64 Å². The quantitative estimate of drug-likeness (QED) is 0.727. The lowest BCUT2D eigenvalue weighted by Crippen LogP contribution is -2.39. The largest absolute Gasteiger partial charge is 0.480 e. The number of carbonyl (C=O) groups is 1. The average molecular weight is 258 g/mol. The molecule has 0 saturated carbocycles. The van der Waals surface area contributed by atoms with E-state index in [-0.39, 0.29) is 0 Å².